The van der Waals surface area contributed by atoms with E-state index in [0.29, 0.717) is 0 Å². The summed E-state index contributed by atoms with van der Waals surface area (Å²) in [4.78, 5) is 0. The molecule has 1 heterocycles. The first kappa shape index (κ1) is 14.2. The molecule has 1 rings (SSSR count). The largest absolute Gasteiger partial charge is 0.382 e. The van der Waals surface area contributed by atoms with Crippen LogP contribution in [0.3, 0.4) is 0 Å². The second kappa shape index (κ2) is 5.68. The number of thiol groups is 1. The highest BCUT2D eigenvalue weighted by molar-refractivity contribution is 14.2. The molecule has 1 fully saturated rings. The molecule has 0 N–H and O–H groups in total. The van der Waals surface area contributed by atoms with Gasteiger partial charge in [0.2, 0.25) is 0 Å². The maximum atomic E-state index is 13.6. The van der Waals surface area contributed by atoms with Gasteiger partial charge in [0.05, 0.1) is 12.6 Å². The van der Waals surface area contributed by atoms with Gasteiger partial charge >= 0.3 is 4.21 Å². The lowest BCUT2D eigenvalue weighted by Gasteiger charge is -2.20. The van der Waals surface area contributed by atoms with Gasteiger partial charge in [-0.25, -0.2) is 4.39 Å². The minimum atomic E-state index is -3.05. The maximum absolute atomic E-state index is 13.6. The zero-order valence-electron chi connectivity index (χ0n) is 8.30. The van der Waals surface area contributed by atoms with Gasteiger partial charge in [0.15, 0.2) is 0 Å². The Hall–Kier alpha value is 1.18. The Bertz CT molecular complexity index is 268. The van der Waals surface area contributed by atoms with Crippen LogP contribution in [0.25, 0.3) is 0 Å². The van der Waals surface area contributed by atoms with Gasteiger partial charge in [-0.1, -0.05) is 12.2 Å². The molecular formula is C6H12BFIO4PS. The molecule has 0 aromatic rings. The van der Waals surface area contributed by atoms with E-state index < -0.39 is 28.6 Å². The molecule has 0 radical (unpaired) electrons. The summed E-state index contributed by atoms with van der Waals surface area (Å²) >= 11 is 5.32. The predicted octanol–water partition coefficient (Wildman–Crippen LogP) is 1.19. The van der Waals surface area contributed by atoms with Gasteiger partial charge in [0.25, 0.3) is 0 Å². The van der Waals surface area contributed by atoms with E-state index in [0.717, 1.165) is 0 Å². The van der Waals surface area contributed by atoms with E-state index in [1.807, 2.05) is 0 Å². The Balaban J connectivity index is 2.68. The highest BCUT2D eigenvalue weighted by atomic mass is 127. The lowest BCUT2D eigenvalue weighted by atomic mass is 9.94. The molecule has 15 heavy (non-hydrogen) atoms. The van der Waals surface area contributed by atoms with Crippen LogP contribution in [0.15, 0.2) is 0 Å². The molecule has 1 saturated heterocycles. The van der Waals surface area contributed by atoms with Crippen molar-refractivity contribution in [2.24, 2.45) is 0 Å². The number of halogens is 2. The molecule has 0 saturated carbocycles. The molecule has 0 bridgehead atoms. The summed E-state index contributed by atoms with van der Waals surface area (Å²) < 4.78 is 37.1. The van der Waals surface area contributed by atoms with Crippen LogP contribution in [-0.4, -0.2) is 45.9 Å². The van der Waals surface area contributed by atoms with E-state index in [4.69, 9.17) is 14.0 Å². The fraction of sp³-hybridized carbons (Fsp3) is 1.00. The molecule has 0 aliphatic carbocycles. The Morgan fingerprint density at radius 1 is 1.73 bits per heavy atom. The van der Waals surface area contributed by atoms with E-state index in [1.54, 1.807) is 29.9 Å². The van der Waals surface area contributed by atoms with Gasteiger partial charge in [-0.2, -0.15) is 0 Å². The van der Waals surface area contributed by atoms with Crippen molar-refractivity contribution in [3.8, 4) is 0 Å². The van der Waals surface area contributed by atoms with Crippen molar-refractivity contribution in [3.63, 3.8) is 0 Å². The molecule has 88 valence electrons. The van der Waals surface area contributed by atoms with E-state index >= 15 is 0 Å². The van der Waals surface area contributed by atoms with Crippen LogP contribution < -0.4 is 0 Å². The number of hydrogen-bond acceptors (Lipinski definition) is 4. The van der Waals surface area contributed by atoms with Gasteiger partial charge in [0.1, 0.15) is 26.2 Å². The smallest absolute Gasteiger partial charge is 0.311 e. The fourth-order valence-corrected chi connectivity index (χ4v) is 3.14. The number of alkyl halides is 1. The monoisotopic (exact) mass is 368 g/mol. The number of rotatable bonds is 4. The molecule has 3 unspecified atom stereocenters. The molecule has 0 aromatic carbocycles. The van der Waals surface area contributed by atoms with Crippen LogP contribution in [0, 0.1) is 0 Å². The average molecular weight is 368 g/mol. The molecular weight excluding hydrogens is 356 g/mol. The molecule has 1 aliphatic heterocycles. The van der Waals surface area contributed by atoms with Crippen LogP contribution >= 0.6 is 38.5 Å². The van der Waals surface area contributed by atoms with E-state index in [1.165, 1.54) is 7.11 Å². The van der Waals surface area contributed by atoms with Crippen molar-refractivity contribution < 1.29 is 23.0 Å². The molecule has 5 atom stereocenters. The van der Waals surface area contributed by atoms with Crippen molar-refractivity contribution >= 4 is 46.3 Å². The Morgan fingerprint density at radius 2 is 2.33 bits per heavy atom. The van der Waals surface area contributed by atoms with Crippen molar-refractivity contribution in [3.05, 3.63) is 0 Å². The zero-order chi connectivity index (χ0) is 11.6. The highest BCUT2D eigenvalue weighted by Gasteiger charge is 2.45. The third kappa shape index (κ3) is 4.16. The number of methoxy groups -OCH3 is 1. The molecule has 0 spiro atoms. The number of hydrogen-bond donors (Lipinski definition) is 1. The third-order valence-corrected chi connectivity index (χ3v) is 3.57. The summed E-state index contributed by atoms with van der Waals surface area (Å²) in [5.74, 6) is 0. The second-order valence-electron chi connectivity index (χ2n) is 3.30. The summed E-state index contributed by atoms with van der Waals surface area (Å²) in [6, 6.07) is -0.577. The van der Waals surface area contributed by atoms with Crippen molar-refractivity contribution in [1.82, 2.24) is 0 Å². The lowest BCUT2D eigenvalue weighted by Crippen LogP contribution is -2.33. The summed E-state index contributed by atoms with van der Waals surface area (Å²) in [6.45, 7) is 0.208. The topological polar surface area (TPSA) is 44.8 Å². The highest BCUT2D eigenvalue weighted by Crippen LogP contribution is 2.62. The predicted molar refractivity (Wildman–Crippen MR) is 69.5 cm³/mol. The van der Waals surface area contributed by atoms with Gasteiger partial charge in [0, 0.05) is 29.2 Å². The van der Waals surface area contributed by atoms with Crippen LogP contribution in [0.2, 0.25) is 0 Å². The second-order valence-corrected chi connectivity index (χ2v) is 12.1. The van der Waals surface area contributed by atoms with Crippen molar-refractivity contribution in [2.45, 2.75) is 24.4 Å². The third-order valence-electron chi connectivity index (χ3n) is 2.10. The SMILES string of the molecule is B[C@@H]1O[C@H](COC)C(OP(=O)(S)I)C1F. The Kier molecular flexibility index (Phi) is 5.40. The molecule has 0 aromatic heterocycles. The lowest BCUT2D eigenvalue weighted by molar-refractivity contribution is -0.00849. The molecule has 9 heteroatoms. The molecule has 4 nitrogen and oxygen atoms in total. The van der Waals surface area contributed by atoms with Crippen molar-refractivity contribution in [1.29, 1.82) is 0 Å². The summed E-state index contributed by atoms with van der Waals surface area (Å²) in [6.07, 6.45) is -2.71. The quantitative estimate of drug-likeness (QED) is 0.351. The minimum Gasteiger partial charge on any atom is -0.382 e. The standard InChI is InChI=1S/C6H12BFIO4PS/c1-11-2-3-5(13-14(9,10)15)4(8)6(7)12-3/h3-6H,2,7H2,1H3,(H,10,15)/t3-,4?,5?,6-,14?/m1/s1. The number of ether oxygens (including phenoxy) is 2. The van der Waals surface area contributed by atoms with E-state index in [2.05, 4.69) is 12.2 Å². The van der Waals surface area contributed by atoms with Crippen LogP contribution in [-0.2, 0) is 18.6 Å². The first-order chi connectivity index (χ1) is 6.85. The first-order valence-corrected chi connectivity index (χ1v) is 9.90. The summed E-state index contributed by atoms with van der Waals surface area (Å²) in [7, 11) is 3.09. The zero-order valence-corrected chi connectivity index (χ0v) is 12.2. The molecule has 1 aliphatic rings. The first-order valence-electron chi connectivity index (χ1n) is 4.34. The van der Waals surface area contributed by atoms with Gasteiger partial charge in [-0.05, 0) is 0 Å². The van der Waals surface area contributed by atoms with E-state index in [9.17, 15) is 8.96 Å². The summed E-state index contributed by atoms with van der Waals surface area (Å²) in [5.41, 5.74) is 0. The van der Waals surface area contributed by atoms with Crippen LogP contribution in [0.1, 0.15) is 0 Å². The maximum Gasteiger partial charge on any atom is 0.311 e. The molecule has 0 amide bonds. The van der Waals surface area contributed by atoms with Crippen LogP contribution in [0.4, 0.5) is 4.39 Å². The van der Waals surface area contributed by atoms with Gasteiger partial charge < -0.3 is 14.0 Å². The fourth-order valence-electron chi connectivity index (χ4n) is 1.47. The summed E-state index contributed by atoms with van der Waals surface area (Å²) in [5, 5.41) is 0. The van der Waals surface area contributed by atoms with Gasteiger partial charge in [-0.3, -0.25) is 4.57 Å². The minimum absolute atomic E-state index is 0.208. The van der Waals surface area contributed by atoms with Crippen LogP contribution in [0.5, 0.6) is 0 Å². The Morgan fingerprint density at radius 3 is 2.80 bits per heavy atom. The Labute approximate surface area is 107 Å². The van der Waals surface area contributed by atoms with E-state index in [-0.39, 0.29) is 6.61 Å². The normalized spacial score (nSPS) is 40.3. The average Bonchev–Trinajstić information content (AvgIpc) is 2.32. The van der Waals surface area contributed by atoms with Gasteiger partial charge in [-0.15, -0.1) is 0 Å². The van der Waals surface area contributed by atoms with Crippen molar-refractivity contribution in [2.75, 3.05) is 13.7 Å².